The topological polar surface area (TPSA) is 53.4 Å². The predicted molar refractivity (Wildman–Crippen MR) is 71.9 cm³/mol. The molecule has 1 aromatic heterocycles. The number of benzene rings is 1. The number of pyridine rings is 1. The van der Waals surface area contributed by atoms with Crippen LogP contribution in [0, 0.1) is 0 Å². The fourth-order valence-electron chi connectivity index (χ4n) is 1.82. The highest BCUT2D eigenvalue weighted by atomic mass is 16.4. The van der Waals surface area contributed by atoms with Gasteiger partial charge in [-0.15, -0.1) is 0 Å². The van der Waals surface area contributed by atoms with Crippen LogP contribution in [0.1, 0.15) is 13.8 Å². The molecule has 0 spiro atoms. The van der Waals surface area contributed by atoms with E-state index in [0.29, 0.717) is 0 Å². The van der Waals surface area contributed by atoms with Crippen LogP contribution in [0.25, 0.3) is 10.9 Å². The molecular formula is C14H16N2O2. The molecule has 0 amide bonds. The van der Waals surface area contributed by atoms with Crippen LogP contribution in [0.3, 0.4) is 0 Å². The SMILES string of the molecule is CN(c1ccnc2ccccc12)C(C)(C)C(=O)O. The summed E-state index contributed by atoms with van der Waals surface area (Å²) in [5, 5.41) is 10.2. The molecule has 2 aromatic rings. The Bertz CT molecular complexity index is 588. The third-order valence-electron chi connectivity index (χ3n) is 3.35. The van der Waals surface area contributed by atoms with E-state index in [0.717, 1.165) is 16.6 Å². The molecule has 0 bridgehead atoms. The number of hydrogen-bond acceptors (Lipinski definition) is 3. The largest absolute Gasteiger partial charge is 0.480 e. The van der Waals surface area contributed by atoms with Crippen molar-refractivity contribution < 1.29 is 9.90 Å². The minimum Gasteiger partial charge on any atom is -0.480 e. The van der Waals surface area contributed by atoms with Crippen LogP contribution >= 0.6 is 0 Å². The number of aromatic nitrogens is 1. The first-order valence-corrected chi connectivity index (χ1v) is 5.75. The lowest BCUT2D eigenvalue weighted by Gasteiger charge is -2.34. The molecule has 0 radical (unpaired) electrons. The van der Waals surface area contributed by atoms with Crippen molar-refractivity contribution in [2.75, 3.05) is 11.9 Å². The molecule has 1 heterocycles. The molecule has 0 aliphatic carbocycles. The number of hydrogen-bond donors (Lipinski definition) is 1. The van der Waals surface area contributed by atoms with Gasteiger partial charge < -0.3 is 10.0 Å². The minimum absolute atomic E-state index is 0.856. The zero-order valence-electron chi connectivity index (χ0n) is 10.7. The van der Waals surface area contributed by atoms with E-state index in [1.807, 2.05) is 30.3 Å². The summed E-state index contributed by atoms with van der Waals surface area (Å²) in [5.41, 5.74) is 0.764. The van der Waals surface area contributed by atoms with Crippen molar-refractivity contribution in [3.05, 3.63) is 36.5 Å². The Hall–Kier alpha value is -2.10. The number of anilines is 1. The van der Waals surface area contributed by atoms with Crippen LogP contribution in [-0.4, -0.2) is 28.6 Å². The summed E-state index contributed by atoms with van der Waals surface area (Å²) in [6.45, 7) is 3.37. The Labute approximate surface area is 106 Å². The molecule has 0 saturated heterocycles. The maximum atomic E-state index is 11.3. The normalized spacial score (nSPS) is 11.5. The number of para-hydroxylation sites is 1. The van der Waals surface area contributed by atoms with Crippen molar-refractivity contribution in [2.24, 2.45) is 0 Å². The van der Waals surface area contributed by atoms with Crippen LogP contribution < -0.4 is 4.90 Å². The van der Waals surface area contributed by atoms with Gasteiger partial charge in [0.05, 0.1) is 5.52 Å². The molecule has 0 aliphatic rings. The fourth-order valence-corrected chi connectivity index (χ4v) is 1.82. The number of carboxylic acids is 1. The molecule has 0 aliphatic heterocycles. The summed E-state index contributed by atoms with van der Waals surface area (Å²) in [4.78, 5) is 17.4. The number of fused-ring (bicyclic) bond motifs is 1. The quantitative estimate of drug-likeness (QED) is 0.901. The second-order valence-electron chi connectivity index (χ2n) is 4.77. The minimum atomic E-state index is -0.968. The standard InChI is InChI=1S/C14H16N2O2/c1-14(2,13(17)18)16(3)12-8-9-15-11-7-5-4-6-10(11)12/h4-9H,1-3H3,(H,17,18). The average molecular weight is 244 g/mol. The Morgan fingerprint density at radius 2 is 1.94 bits per heavy atom. The molecule has 1 aromatic carbocycles. The van der Waals surface area contributed by atoms with Crippen LogP contribution in [0.2, 0.25) is 0 Å². The summed E-state index contributed by atoms with van der Waals surface area (Å²) in [7, 11) is 1.79. The molecule has 0 unspecified atom stereocenters. The molecule has 0 saturated carbocycles. The molecule has 18 heavy (non-hydrogen) atoms. The van der Waals surface area contributed by atoms with Gasteiger partial charge in [-0.2, -0.15) is 0 Å². The molecule has 1 N–H and O–H groups in total. The van der Waals surface area contributed by atoms with Gasteiger partial charge in [0.15, 0.2) is 0 Å². The first-order valence-electron chi connectivity index (χ1n) is 5.75. The van der Waals surface area contributed by atoms with Crippen molar-refractivity contribution in [1.29, 1.82) is 0 Å². The Morgan fingerprint density at radius 3 is 2.61 bits per heavy atom. The zero-order valence-corrected chi connectivity index (χ0v) is 10.7. The van der Waals surface area contributed by atoms with Crippen molar-refractivity contribution in [3.63, 3.8) is 0 Å². The number of nitrogens with zero attached hydrogens (tertiary/aromatic N) is 2. The van der Waals surface area contributed by atoms with Gasteiger partial charge >= 0.3 is 5.97 Å². The zero-order chi connectivity index (χ0) is 13.3. The Morgan fingerprint density at radius 1 is 1.28 bits per heavy atom. The second kappa shape index (κ2) is 4.29. The van der Waals surface area contributed by atoms with E-state index < -0.39 is 11.5 Å². The highest BCUT2D eigenvalue weighted by Gasteiger charge is 2.32. The van der Waals surface area contributed by atoms with Crippen molar-refractivity contribution >= 4 is 22.6 Å². The monoisotopic (exact) mass is 244 g/mol. The van der Waals surface area contributed by atoms with E-state index in [4.69, 9.17) is 0 Å². The van der Waals surface area contributed by atoms with Gasteiger partial charge in [-0.3, -0.25) is 4.98 Å². The van der Waals surface area contributed by atoms with Crippen LogP contribution in [0.15, 0.2) is 36.5 Å². The van der Waals surface area contributed by atoms with E-state index in [1.54, 1.807) is 32.0 Å². The molecule has 2 rings (SSSR count). The number of aliphatic carboxylic acids is 1. The Balaban J connectivity index is 2.58. The molecule has 4 nitrogen and oxygen atoms in total. The third-order valence-corrected chi connectivity index (χ3v) is 3.35. The number of carbonyl (C=O) groups is 1. The second-order valence-corrected chi connectivity index (χ2v) is 4.77. The number of likely N-dealkylation sites (N-methyl/N-ethyl adjacent to an activating group) is 1. The lowest BCUT2D eigenvalue weighted by Crippen LogP contribution is -2.48. The van der Waals surface area contributed by atoms with E-state index in [-0.39, 0.29) is 0 Å². The van der Waals surface area contributed by atoms with E-state index in [2.05, 4.69) is 4.98 Å². The molecular weight excluding hydrogens is 228 g/mol. The van der Waals surface area contributed by atoms with Gasteiger partial charge in [-0.1, -0.05) is 18.2 Å². The lowest BCUT2D eigenvalue weighted by atomic mass is 10.0. The van der Waals surface area contributed by atoms with Crippen molar-refractivity contribution in [3.8, 4) is 0 Å². The maximum absolute atomic E-state index is 11.3. The average Bonchev–Trinajstić information content (AvgIpc) is 2.37. The summed E-state index contributed by atoms with van der Waals surface area (Å²) >= 11 is 0. The van der Waals surface area contributed by atoms with Crippen molar-refractivity contribution in [2.45, 2.75) is 19.4 Å². The van der Waals surface area contributed by atoms with Gasteiger partial charge in [0.1, 0.15) is 5.54 Å². The highest BCUT2D eigenvalue weighted by Crippen LogP contribution is 2.29. The molecule has 94 valence electrons. The number of rotatable bonds is 3. The van der Waals surface area contributed by atoms with Crippen LogP contribution in [0.5, 0.6) is 0 Å². The first-order chi connectivity index (χ1) is 8.44. The van der Waals surface area contributed by atoms with Crippen LogP contribution in [0.4, 0.5) is 5.69 Å². The molecule has 0 fully saturated rings. The smallest absolute Gasteiger partial charge is 0.328 e. The van der Waals surface area contributed by atoms with Gasteiger partial charge in [0.2, 0.25) is 0 Å². The Kier molecular flexibility index (Phi) is 2.95. The van der Waals surface area contributed by atoms with E-state index >= 15 is 0 Å². The lowest BCUT2D eigenvalue weighted by molar-refractivity contribution is -0.142. The van der Waals surface area contributed by atoms with Crippen LogP contribution in [-0.2, 0) is 4.79 Å². The van der Waals surface area contributed by atoms with Gasteiger partial charge in [0, 0.05) is 24.3 Å². The van der Waals surface area contributed by atoms with Gasteiger partial charge in [0.25, 0.3) is 0 Å². The van der Waals surface area contributed by atoms with Gasteiger partial charge in [-0.05, 0) is 26.0 Å². The fraction of sp³-hybridized carbons (Fsp3) is 0.286. The predicted octanol–water partition coefficient (Wildman–Crippen LogP) is 2.53. The summed E-state index contributed by atoms with van der Waals surface area (Å²) in [5.74, 6) is -0.856. The van der Waals surface area contributed by atoms with E-state index in [9.17, 15) is 9.90 Å². The molecule has 4 heteroatoms. The molecule has 0 atom stereocenters. The van der Waals surface area contributed by atoms with E-state index in [1.165, 1.54) is 0 Å². The summed E-state index contributed by atoms with van der Waals surface area (Å²) < 4.78 is 0. The first kappa shape index (κ1) is 12.4. The maximum Gasteiger partial charge on any atom is 0.328 e. The van der Waals surface area contributed by atoms with Gasteiger partial charge in [-0.25, -0.2) is 4.79 Å². The number of carboxylic acid groups (broad SMARTS) is 1. The van der Waals surface area contributed by atoms with Crippen molar-refractivity contribution in [1.82, 2.24) is 4.98 Å². The highest BCUT2D eigenvalue weighted by molar-refractivity contribution is 5.94. The summed E-state index contributed by atoms with van der Waals surface area (Å²) in [6, 6.07) is 9.55. The third kappa shape index (κ3) is 1.90. The summed E-state index contributed by atoms with van der Waals surface area (Å²) in [6.07, 6.45) is 1.70.